The molecule has 0 aromatic rings. The van der Waals surface area contributed by atoms with Gasteiger partial charge in [-0.2, -0.15) is 0 Å². The second kappa shape index (κ2) is 41.6. The highest BCUT2D eigenvalue weighted by Gasteiger charge is 2.26. The van der Waals surface area contributed by atoms with E-state index in [-0.39, 0.29) is 32.1 Å². The minimum atomic E-state index is -4.36. The number of nitrogens with one attached hydrogen (secondary N) is 1. The van der Waals surface area contributed by atoms with E-state index in [1.165, 1.54) is 96.3 Å². The highest BCUT2D eigenvalue weighted by Crippen LogP contribution is 2.43. The van der Waals surface area contributed by atoms with Gasteiger partial charge in [-0.1, -0.05) is 189 Å². The largest absolute Gasteiger partial charge is 0.472 e. The number of allylic oxidation sites excluding steroid dienone is 11. The van der Waals surface area contributed by atoms with E-state index in [4.69, 9.17) is 14.8 Å². The summed E-state index contributed by atoms with van der Waals surface area (Å²) < 4.78 is 22.1. The van der Waals surface area contributed by atoms with Crippen molar-refractivity contribution in [1.29, 1.82) is 0 Å². The van der Waals surface area contributed by atoms with E-state index >= 15 is 0 Å². The Balaban J connectivity index is 4.32. The predicted octanol–water partition coefficient (Wildman–Crippen LogP) is 12.4. The zero-order valence-corrected chi connectivity index (χ0v) is 36.0. The number of aliphatic hydroxyl groups excluding tert-OH is 1. The van der Waals surface area contributed by atoms with E-state index < -0.39 is 20.0 Å². The monoisotopic (exact) mass is 791 g/mol. The van der Waals surface area contributed by atoms with E-state index in [1.807, 2.05) is 6.08 Å². The third-order valence-electron chi connectivity index (χ3n) is 9.29. The maximum Gasteiger partial charge on any atom is 0.472 e. The van der Waals surface area contributed by atoms with Crippen molar-refractivity contribution < 1.29 is 28.4 Å². The summed E-state index contributed by atoms with van der Waals surface area (Å²) in [4.78, 5) is 22.7. The zero-order valence-electron chi connectivity index (χ0n) is 35.1. The molecule has 0 radical (unpaired) electrons. The second-order valence-electron chi connectivity index (χ2n) is 14.5. The molecular weight excluding hydrogens is 707 g/mol. The Hall–Kier alpha value is -2.06. The minimum absolute atomic E-state index is 0.0662. The Morgan fingerprint density at radius 3 is 1.53 bits per heavy atom. The van der Waals surface area contributed by atoms with E-state index in [0.29, 0.717) is 6.42 Å². The number of carbonyl (C=O) groups is 1. The third-order valence-corrected chi connectivity index (χ3v) is 10.3. The van der Waals surface area contributed by atoms with Crippen molar-refractivity contribution in [2.75, 3.05) is 19.8 Å². The van der Waals surface area contributed by atoms with Gasteiger partial charge < -0.3 is 21.1 Å². The molecule has 9 heteroatoms. The molecular formula is C46H83N2O6P. The lowest BCUT2D eigenvalue weighted by Crippen LogP contribution is -2.45. The van der Waals surface area contributed by atoms with Crippen LogP contribution in [-0.2, 0) is 18.4 Å². The minimum Gasteiger partial charge on any atom is -0.387 e. The van der Waals surface area contributed by atoms with Gasteiger partial charge in [-0.25, -0.2) is 4.57 Å². The van der Waals surface area contributed by atoms with Crippen LogP contribution in [0.15, 0.2) is 72.9 Å². The number of unbranched alkanes of at least 4 members (excludes halogenated alkanes) is 18. The Morgan fingerprint density at radius 1 is 0.618 bits per heavy atom. The maximum atomic E-state index is 12.7. The van der Waals surface area contributed by atoms with Crippen LogP contribution in [0.3, 0.4) is 0 Å². The Labute approximate surface area is 337 Å². The van der Waals surface area contributed by atoms with E-state index in [0.717, 1.165) is 57.8 Å². The topological polar surface area (TPSA) is 131 Å². The molecule has 0 aromatic heterocycles. The predicted molar refractivity (Wildman–Crippen MR) is 235 cm³/mol. The number of amides is 1. The normalized spacial score (nSPS) is 14.8. The van der Waals surface area contributed by atoms with Gasteiger partial charge in [0.25, 0.3) is 0 Å². The molecule has 0 aliphatic rings. The van der Waals surface area contributed by atoms with Crippen molar-refractivity contribution in [2.45, 2.75) is 193 Å². The van der Waals surface area contributed by atoms with Crippen LogP contribution in [0, 0.1) is 0 Å². The van der Waals surface area contributed by atoms with Crippen LogP contribution in [0.25, 0.3) is 0 Å². The zero-order chi connectivity index (χ0) is 40.3. The van der Waals surface area contributed by atoms with E-state index in [2.05, 4.69) is 79.9 Å². The number of phosphoric ester groups is 1. The first-order valence-electron chi connectivity index (χ1n) is 22.1. The van der Waals surface area contributed by atoms with Crippen molar-refractivity contribution in [2.24, 2.45) is 5.73 Å². The average Bonchev–Trinajstić information content (AvgIpc) is 3.17. The van der Waals surface area contributed by atoms with Gasteiger partial charge in [0.15, 0.2) is 0 Å². The van der Waals surface area contributed by atoms with Crippen LogP contribution >= 0.6 is 7.82 Å². The summed E-state index contributed by atoms with van der Waals surface area (Å²) in [5.74, 6) is -0.253. The van der Waals surface area contributed by atoms with Gasteiger partial charge in [-0.3, -0.25) is 13.8 Å². The lowest BCUT2D eigenvalue weighted by molar-refractivity contribution is -0.122. The molecule has 1 amide bonds. The first-order valence-corrected chi connectivity index (χ1v) is 23.6. The molecule has 0 fully saturated rings. The van der Waals surface area contributed by atoms with Gasteiger partial charge in [-0.15, -0.1) is 0 Å². The molecule has 3 atom stereocenters. The first-order chi connectivity index (χ1) is 26.9. The SMILES string of the molecule is CC/C=C\C/C=C\C/C=C\C/C=C\C/C=C\CCCC(=O)NC(COP(=O)(O)OCCN)C(O)/C=C/CCCCCCCCCCCCCCCCCCC. The van der Waals surface area contributed by atoms with Gasteiger partial charge in [0.2, 0.25) is 5.91 Å². The van der Waals surface area contributed by atoms with Crippen LogP contribution in [0.4, 0.5) is 0 Å². The summed E-state index contributed by atoms with van der Waals surface area (Å²) in [5, 5.41) is 13.6. The van der Waals surface area contributed by atoms with Crippen molar-refractivity contribution >= 4 is 13.7 Å². The van der Waals surface area contributed by atoms with Gasteiger partial charge in [0.1, 0.15) is 0 Å². The lowest BCUT2D eigenvalue weighted by Gasteiger charge is -2.23. The van der Waals surface area contributed by atoms with Crippen molar-refractivity contribution in [3.8, 4) is 0 Å². The van der Waals surface area contributed by atoms with Crippen LogP contribution < -0.4 is 11.1 Å². The van der Waals surface area contributed by atoms with E-state index in [1.54, 1.807) is 6.08 Å². The van der Waals surface area contributed by atoms with Crippen molar-refractivity contribution in [3.63, 3.8) is 0 Å². The molecule has 0 heterocycles. The third kappa shape index (κ3) is 40.0. The van der Waals surface area contributed by atoms with Gasteiger partial charge >= 0.3 is 7.82 Å². The summed E-state index contributed by atoms with van der Waals surface area (Å²) in [6.07, 6.45) is 53.9. The highest BCUT2D eigenvalue weighted by atomic mass is 31.2. The molecule has 8 nitrogen and oxygen atoms in total. The van der Waals surface area contributed by atoms with Crippen LogP contribution in [-0.4, -0.2) is 47.8 Å². The molecule has 318 valence electrons. The number of rotatable bonds is 40. The molecule has 0 aromatic carbocycles. The van der Waals surface area contributed by atoms with Crippen LogP contribution in [0.5, 0.6) is 0 Å². The molecule has 5 N–H and O–H groups in total. The summed E-state index contributed by atoms with van der Waals surface area (Å²) in [6, 6.07) is -0.894. The fourth-order valence-electron chi connectivity index (χ4n) is 5.99. The number of aliphatic hydroxyl groups is 1. The average molecular weight is 791 g/mol. The Bertz CT molecular complexity index is 1090. The first kappa shape index (κ1) is 52.9. The van der Waals surface area contributed by atoms with Crippen LogP contribution in [0.1, 0.15) is 181 Å². The number of hydrogen-bond donors (Lipinski definition) is 4. The standard InChI is InChI=1S/C46H83N2O6P/c1-3-5-7-9-11-13-15-17-19-21-22-24-25-27-29-31-33-35-37-39-45(49)44(43-54-55(51,52)53-42-41-47)48-46(50)40-38-36-34-32-30-28-26-23-20-18-16-14-12-10-8-6-4-2/h6,8,12,14,18,20,26,28,32,34,37,39,44-45,49H,3-5,7,9-11,13,15-17,19,21-25,27,29-31,33,35-36,38,40-43,47H2,1-2H3,(H,48,50)(H,51,52)/b8-6-,14-12-,20-18-,28-26-,34-32-,39-37+. The summed E-state index contributed by atoms with van der Waals surface area (Å²) in [6.45, 7) is 3.97. The summed E-state index contributed by atoms with van der Waals surface area (Å²) in [7, 11) is -4.36. The Morgan fingerprint density at radius 2 is 1.05 bits per heavy atom. The summed E-state index contributed by atoms with van der Waals surface area (Å²) in [5.41, 5.74) is 5.37. The number of carbonyl (C=O) groups excluding carboxylic acids is 1. The summed E-state index contributed by atoms with van der Waals surface area (Å²) >= 11 is 0. The number of phosphoric acid groups is 1. The molecule has 0 saturated heterocycles. The van der Waals surface area contributed by atoms with E-state index in [9.17, 15) is 19.4 Å². The van der Waals surface area contributed by atoms with Gasteiger partial charge in [-0.05, 0) is 57.8 Å². The fourth-order valence-corrected chi connectivity index (χ4v) is 6.75. The van der Waals surface area contributed by atoms with Gasteiger partial charge in [0.05, 0.1) is 25.4 Å². The molecule has 0 spiro atoms. The quantitative estimate of drug-likeness (QED) is 0.0276. The molecule has 3 unspecified atom stereocenters. The molecule has 0 aliphatic carbocycles. The lowest BCUT2D eigenvalue weighted by atomic mass is 10.0. The van der Waals surface area contributed by atoms with Crippen molar-refractivity contribution in [3.05, 3.63) is 72.9 Å². The maximum absolute atomic E-state index is 12.7. The number of nitrogens with two attached hydrogens (primary N) is 1. The molecule has 0 rings (SSSR count). The van der Waals surface area contributed by atoms with Gasteiger partial charge in [0, 0.05) is 13.0 Å². The molecule has 0 saturated carbocycles. The molecule has 0 bridgehead atoms. The fraction of sp³-hybridized carbons (Fsp3) is 0.717. The smallest absolute Gasteiger partial charge is 0.387 e. The number of hydrogen-bond acceptors (Lipinski definition) is 6. The highest BCUT2D eigenvalue weighted by molar-refractivity contribution is 7.47. The molecule has 55 heavy (non-hydrogen) atoms. The Kier molecular flexibility index (Phi) is 40.0. The van der Waals surface area contributed by atoms with Crippen LogP contribution in [0.2, 0.25) is 0 Å². The van der Waals surface area contributed by atoms with Crippen molar-refractivity contribution in [1.82, 2.24) is 5.32 Å². The second-order valence-corrected chi connectivity index (χ2v) is 16.0. The molecule has 0 aliphatic heterocycles.